The number of nitrogen functional groups attached to an aromatic ring is 1. The fourth-order valence-electron chi connectivity index (χ4n) is 1.76. The van der Waals surface area contributed by atoms with E-state index in [4.69, 9.17) is 29.0 Å². The first-order valence-electron chi connectivity index (χ1n) is 5.42. The number of hydrogen-bond acceptors (Lipinski definition) is 5. The Morgan fingerprint density at radius 2 is 1.86 bits per heavy atom. The number of rotatable bonds is 3. The van der Waals surface area contributed by atoms with Gasteiger partial charge in [-0.15, -0.1) is 5.10 Å². The second kappa shape index (κ2) is 5.63. The number of aromatic nitrogens is 2. The molecule has 22 heavy (non-hydrogen) atoms. The standard InChI is InChI=1S/C10H6Cl2F3N5O2/c11-4-1-3(10(13,14)15)2-5(12)6(4)7-8(20(21)22)9(17-16)19-18-7/h1-2H,16H2,(H2,17,18,19). The number of benzene rings is 1. The van der Waals surface area contributed by atoms with Gasteiger partial charge in [-0.2, -0.15) is 13.2 Å². The van der Waals surface area contributed by atoms with Gasteiger partial charge in [-0.05, 0) is 12.1 Å². The number of anilines is 1. The molecule has 0 fully saturated rings. The molecule has 0 aliphatic carbocycles. The summed E-state index contributed by atoms with van der Waals surface area (Å²) in [6, 6.07) is 1.23. The fourth-order valence-corrected chi connectivity index (χ4v) is 2.44. The maximum Gasteiger partial charge on any atom is 0.416 e. The largest absolute Gasteiger partial charge is 0.416 e. The summed E-state index contributed by atoms with van der Waals surface area (Å²) in [7, 11) is 0. The number of aromatic amines is 1. The van der Waals surface area contributed by atoms with Crippen molar-refractivity contribution >= 4 is 34.7 Å². The Labute approximate surface area is 130 Å². The normalized spacial score (nSPS) is 11.5. The molecule has 0 saturated heterocycles. The van der Waals surface area contributed by atoms with Crippen LogP contribution in [0.4, 0.5) is 24.7 Å². The van der Waals surface area contributed by atoms with Gasteiger partial charge in [-0.1, -0.05) is 23.2 Å². The molecule has 118 valence electrons. The number of H-pyrrole nitrogens is 1. The lowest BCUT2D eigenvalue weighted by Crippen LogP contribution is -2.09. The molecule has 1 aromatic heterocycles. The predicted octanol–water partition coefficient (Wildman–Crippen LogP) is 3.60. The summed E-state index contributed by atoms with van der Waals surface area (Å²) in [6.45, 7) is 0. The Morgan fingerprint density at radius 3 is 2.27 bits per heavy atom. The SMILES string of the molecule is NNc1n[nH]c(-c2c(Cl)cc(C(F)(F)F)cc2Cl)c1[N+](=O)[O-]. The summed E-state index contributed by atoms with van der Waals surface area (Å²) in [6.07, 6.45) is -4.66. The van der Waals surface area contributed by atoms with Crippen LogP contribution in [0.5, 0.6) is 0 Å². The molecule has 2 rings (SSSR count). The van der Waals surface area contributed by atoms with E-state index in [1.807, 2.05) is 5.43 Å². The molecular weight excluding hydrogens is 350 g/mol. The zero-order chi connectivity index (χ0) is 16.7. The quantitative estimate of drug-likeness (QED) is 0.442. The zero-order valence-electron chi connectivity index (χ0n) is 10.3. The van der Waals surface area contributed by atoms with Crippen molar-refractivity contribution in [3.63, 3.8) is 0 Å². The van der Waals surface area contributed by atoms with Crippen LogP contribution in [0, 0.1) is 10.1 Å². The highest BCUT2D eigenvalue weighted by Crippen LogP contribution is 2.44. The predicted molar refractivity (Wildman–Crippen MR) is 73.5 cm³/mol. The van der Waals surface area contributed by atoms with Gasteiger partial charge in [0, 0.05) is 5.56 Å². The summed E-state index contributed by atoms with van der Waals surface area (Å²) in [5.41, 5.74) is -0.124. The van der Waals surface area contributed by atoms with E-state index in [1.165, 1.54) is 0 Å². The average Bonchev–Trinajstić information content (AvgIpc) is 2.80. The van der Waals surface area contributed by atoms with Gasteiger partial charge in [0.25, 0.3) is 0 Å². The fraction of sp³-hybridized carbons (Fsp3) is 0.100. The Balaban J connectivity index is 2.69. The van der Waals surface area contributed by atoms with Gasteiger partial charge in [-0.25, -0.2) is 5.84 Å². The molecule has 0 amide bonds. The number of hydrogen-bond donors (Lipinski definition) is 3. The first kappa shape index (κ1) is 16.3. The van der Waals surface area contributed by atoms with E-state index >= 15 is 0 Å². The number of alkyl halides is 3. The van der Waals surface area contributed by atoms with Crippen LogP contribution in [-0.4, -0.2) is 15.1 Å². The third-order valence-corrected chi connectivity index (χ3v) is 3.28. The van der Waals surface area contributed by atoms with E-state index in [9.17, 15) is 23.3 Å². The summed E-state index contributed by atoms with van der Waals surface area (Å²) < 4.78 is 38.0. The smallest absolute Gasteiger partial charge is 0.301 e. The molecule has 0 bridgehead atoms. The second-order valence-corrected chi connectivity index (χ2v) is 4.82. The van der Waals surface area contributed by atoms with Gasteiger partial charge in [0.15, 0.2) is 0 Å². The third-order valence-electron chi connectivity index (χ3n) is 2.68. The lowest BCUT2D eigenvalue weighted by Gasteiger charge is -2.11. The number of nitro groups is 1. The molecule has 0 radical (unpaired) electrons. The van der Waals surface area contributed by atoms with E-state index in [1.54, 1.807) is 0 Å². The molecular formula is C10H6Cl2F3N5O2. The molecule has 0 saturated carbocycles. The van der Waals surface area contributed by atoms with Crippen molar-refractivity contribution in [1.82, 2.24) is 10.2 Å². The molecule has 2 aromatic rings. The van der Waals surface area contributed by atoms with Gasteiger partial charge >= 0.3 is 11.9 Å². The minimum absolute atomic E-state index is 0.183. The molecule has 7 nitrogen and oxygen atoms in total. The minimum Gasteiger partial charge on any atom is -0.301 e. The van der Waals surface area contributed by atoms with Gasteiger partial charge in [0.05, 0.1) is 20.5 Å². The van der Waals surface area contributed by atoms with Crippen LogP contribution in [0.1, 0.15) is 5.56 Å². The molecule has 4 N–H and O–H groups in total. The van der Waals surface area contributed by atoms with Gasteiger partial charge < -0.3 is 5.43 Å². The van der Waals surface area contributed by atoms with E-state index in [0.29, 0.717) is 12.1 Å². The van der Waals surface area contributed by atoms with Crippen LogP contribution in [-0.2, 0) is 6.18 Å². The molecule has 12 heteroatoms. The van der Waals surface area contributed by atoms with Crippen molar-refractivity contribution in [3.8, 4) is 11.3 Å². The topological polar surface area (TPSA) is 110 Å². The highest BCUT2D eigenvalue weighted by molar-refractivity contribution is 6.39. The van der Waals surface area contributed by atoms with Crippen LogP contribution < -0.4 is 11.3 Å². The molecule has 0 aliphatic rings. The van der Waals surface area contributed by atoms with Crippen molar-refractivity contribution in [2.45, 2.75) is 6.18 Å². The molecule has 1 heterocycles. The van der Waals surface area contributed by atoms with Crippen molar-refractivity contribution in [2.75, 3.05) is 5.43 Å². The number of halogens is 5. The molecule has 0 unspecified atom stereocenters. The van der Waals surface area contributed by atoms with E-state index in [2.05, 4.69) is 10.2 Å². The van der Waals surface area contributed by atoms with Gasteiger partial charge in [0.1, 0.15) is 5.69 Å². The highest BCUT2D eigenvalue weighted by atomic mass is 35.5. The van der Waals surface area contributed by atoms with Gasteiger partial charge in [0.2, 0.25) is 5.82 Å². The number of nitrogens with one attached hydrogen (secondary N) is 2. The molecule has 0 atom stereocenters. The van der Waals surface area contributed by atoms with Crippen molar-refractivity contribution < 1.29 is 18.1 Å². The van der Waals surface area contributed by atoms with E-state index < -0.39 is 32.4 Å². The average molecular weight is 356 g/mol. The Morgan fingerprint density at radius 1 is 1.32 bits per heavy atom. The van der Waals surface area contributed by atoms with Crippen LogP contribution in [0.25, 0.3) is 11.3 Å². The van der Waals surface area contributed by atoms with E-state index in [-0.39, 0.29) is 17.1 Å². The summed E-state index contributed by atoms with van der Waals surface area (Å²) in [5.74, 6) is 4.77. The monoisotopic (exact) mass is 355 g/mol. The summed E-state index contributed by atoms with van der Waals surface area (Å²) >= 11 is 11.6. The summed E-state index contributed by atoms with van der Waals surface area (Å²) in [5, 5.41) is 16.0. The molecule has 0 aliphatic heterocycles. The molecule has 1 aromatic carbocycles. The maximum atomic E-state index is 12.7. The number of nitrogens with zero attached hydrogens (tertiary/aromatic N) is 2. The maximum absolute atomic E-state index is 12.7. The van der Waals surface area contributed by atoms with Crippen molar-refractivity contribution in [3.05, 3.63) is 37.9 Å². The third kappa shape index (κ3) is 2.80. The Hall–Kier alpha value is -2.04. The first-order valence-corrected chi connectivity index (χ1v) is 6.18. The summed E-state index contributed by atoms with van der Waals surface area (Å²) in [4.78, 5) is 10.2. The first-order chi connectivity index (χ1) is 10.2. The zero-order valence-corrected chi connectivity index (χ0v) is 11.8. The Kier molecular flexibility index (Phi) is 4.18. The van der Waals surface area contributed by atoms with Crippen LogP contribution in [0.15, 0.2) is 12.1 Å². The van der Waals surface area contributed by atoms with E-state index in [0.717, 1.165) is 0 Å². The highest BCUT2D eigenvalue weighted by Gasteiger charge is 2.34. The van der Waals surface area contributed by atoms with Crippen molar-refractivity contribution in [1.29, 1.82) is 0 Å². The molecule has 0 spiro atoms. The van der Waals surface area contributed by atoms with Crippen LogP contribution in [0.3, 0.4) is 0 Å². The lowest BCUT2D eigenvalue weighted by molar-refractivity contribution is -0.383. The van der Waals surface area contributed by atoms with Gasteiger partial charge in [-0.3, -0.25) is 15.2 Å². The van der Waals surface area contributed by atoms with Crippen molar-refractivity contribution in [2.24, 2.45) is 5.84 Å². The second-order valence-electron chi connectivity index (χ2n) is 4.01. The van der Waals surface area contributed by atoms with Crippen LogP contribution in [0.2, 0.25) is 10.0 Å². The number of nitrogens with two attached hydrogens (primary N) is 1. The number of hydrazine groups is 1. The van der Waals surface area contributed by atoms with Crippen LogP contribution >= 0.6 is 23.2 Å². The lowest BCUT2D eigenvalue weighted by atomic mass is 10.1. The Bertz CT molecular complexity index is 724. The minimum atomic E-state index is -4.66.